The van der Waals surface area contributed by atoms with Crippen molar-refractivity contribution in [1.29, 1.82) is 0 Å². The molecule has 21 heavy (non-hydrogen) atoms. The molecule has 0 radical (unpaired) electrons. The van der Waals surface area contributed by atoms with Gasteiger partial charge in [0, 0.05) is 7.05 Å². The normalized spacial score (nSPS) is 11.4. The van der Waals surface area contributed by atoms with Crippen molar-refractivity contribution in [1.82, 2.24) is 19.3 Å². The number of nitrogens with two attached hydrogens (primary N) is 1. The maximum atomic E-state index is 13.5. The van der Waals surface area contributed by atoms with Crippen LogP contribution < -0.4 is 5.73 Å². The molecular weight excluding hydrogens is 269 g/mol. The highest BCUT2D eigenvalue weighted by molar-refractivity contribution is 5.80. The Bertz CT molecular complexity index is 815. The maximum absolute atomic E-state index is 13.5. The summed E-state index contributed by atoms with van der Waals surface area (Å²) in [5.74, 6) is 0.159. The zero-order valence-corrected chi connectivity index (χ0v) is 12.4. The number of nitrogens with zero attached hydrogens (tertiary/aromatic N) is 4. The molecule has 0 aliphatic carbocycles. The second kappa shape index (κ2) is 4.87. The average molecular weight is 287 g/mol. The van der Waals surface area contributed by atoms with Crippen molar-refractivity contribution in [3.05, 3.63) is 35.3 Å². The fourth-order valence-electron chi connectivity index (χ4n) is 2.62. The third-order valence-corrected chi connectivity index (χ3v) is 3.62. The van der Waals surface area contributed by atoms with Gasteiger partial charge in [0.2, 0.25) is 5.95 Å². The van der Waals surface area contributed by atoms with E-state index >= 15 is 0 Å². The molecule has 0 bridgehead atoms. The van der Waals surface area contributed by atoms with E-state index in [-0.39, 0.29) is 5.82 Å². The minimum atomic E-state index is -0.231. The lowest BCUT2D eigenvalue weighted by molar-refractivity contribution is 0.618. The standard InChI is InChI=1S/C15H18FN5/c1-4-5-12-13-14(20(3)19-12)21(15(17)18-13)10-6-7-11(16)9(2)8-10/h6-8H,4-5H2,1-3H3,(H2,17,18). The Kier molecular flexibility index (Phi) is 3.16. The van der Waals surface area contributed by atoms with Crippen molar-refractivity contribution in [2.24, 2.45) is 7.05 Å². The van der Waals surface area contributed by atoms with E-state index in [0.717, 1.165) is 35.4 Å². The van der Waals surface area contributed by atoms with Crippen LogP contribution in [0.2, 0.25) is 0 Å². The van der Waals surface area contributed by atoms with Gasteiger partial charge in [-0.3, -0.25) is 4.57 Å². The minimum absolute atomic E-state index is 0.231. The molecule has 110 valence electrons. The van der Waals surface area contributed by atoms with Gasteiger partial charge < -0.3 is 5.73 Å². The first-order chi connectivity index (χ1) is 10.0. The van der Waals surface area contributed by atoms with Gasteiger partial charge >= 0.3 is 0 Å². The molecular formula is C15H18FN5. The molecule has 0 aliphatic heterocycles. The van der Waals surface area contributed by atoms with Crippen molar-refractivity contribution in [2.45, 2.75) is 26.7 Å². The molecule has 0 amide bonds. The van der Waals surface area contributed by atoms with E-state index in [0.29, 0.717) is 11.5 Å². The molecule has 0 spiro atoms. The molecule has 3 aromatic rings. The summed E-state index contributed by atoms with van der Waals surface area (Å²) in [4.78, 5) is 4.44. The van der Waals surface area contributed by atoms with E-state index in [9.17, 15) is 4.39 Å². The summed E-state index contributed by atoms with van der Waals surface area (Å²) < 4.78 is 17.1. The molecule has 2 heterocycles. The molecule has 0 saturated heterocycles. The highest BCUT2D eigenvalue weighted by Gasteiger charge is 2.18. The van der Waals surface area contributed by atoms with E-state index < -0.39 is 0 Å². The molecule has 0 fully saturated rings. The monoisotopic (exact) mass is 287 g/mol. The molecule has 0 unspecified atom stereocenters. The van der Waals surface area contributed by atoms with Gasteiger partial charge in [0.15, 0.2) is 5.65 Å². The number of nitrogen functional groups attached to an aromatic ring is 1. The number of benzene rings is 1. The van der Waals surface area contributed by atoms with Gasteiger partial charge in [-0.1, -0.05) is 13.3 Å². The van der Waals surface area contributed by atoms with Crippen LogP contribution in [0.25, 0.3) is 16.9 Å². The van der Waals surface area contributed by atoms with Crippen LogP contribution in [-0.2, 0) is 13.5 Å². The third-order valence-electron chi connectivity index (χ3n) is 3.62. The lowest BCUT2D eigenvalue weighted by Crippen LogP contribution is -2.05. The Balaban J connectivity index is 2.27. The van der Waals surface area contributed by atoms with Crippen molar-refractivity contribution in [3.8, 4) is 5.69 Å². The number of hydrogen-bond acceptors (Lipinski definition) is 3. The van der Waals surface area contributed by atoms with Crippen LogP contribution >= 0.6 is 0 Å². The molecule has 1 aromatic carbocycles. The number of halogens is 1. The lowest BCUT2D eigenvalue weighted by Gasteiger charge is -2.08. The molecule has 0 aliphatic rings. The zero-order chi connectivity index (χ0) is 15.1. The summed E-state index contributed by atoms with van der Waals surface area (Å²) in [7, 11) is 1.87. The van der Waals surface area contributed by atoms with E-state index in [1.807, 2.05) is 11.6 Å². The van der Waals surface area contributed by atoms with Gasteiger partial charge in [-0.25, -0.2) is 14.1 Å². The largest absolute Gasteiger partial charge is 0.369 e. The fraction of sp³-hybridized carbons (Fsp3) is 0.333. The molecule has 0 saturated carbocycles. The number of anilines is 1. The van der Waals surface area contributed by atoms with Crippen molar-refractivity contribution < 1.29 is 4.39 Å². The van der Waals surface area contributed by atoms with E-state index in [1.54, 1.807) is 23.7 Å². The number of aryl methyl sites for hydroxylation is 3. The van der Waals surface area contributed by atoms with Crippen LogP contribution in [0.4, 0.5) is 10.3 Å². The van der Waals surface area contributed by atoms with Crippen molar-refractivity contribution in [2.75, 3.05) is 5.73 Å². The van der Waals surface area contributed by atoms with Crippen LogP contribution in [0.1, 0.15) is 24.6 Å². The number of aromatic nitrogens is 4. The Morgan fingerprint density at radius 1 is 1.33 bits per heavy atom. The summed E-state index contributed by atoms with van der Waals surface area (Å²) in [6.07, 6.45) is 1.85. The summed E-state index contributed by atoms with van der Waals surface area (Å²) >= 11 is 0. The van der Waals surface area contributed by atoms with E-state index in [2.05, 4.69) is 17.0 Å². The van der Waals surface area contributed by atoms with Gasteiger partial charge in [-0.05, 0) is 37.1 Å². The highest BCUT2D eigenvalue weighted by Crippen LogP contribution is 2.26. The average Bonchev–Trinajstić information content (AvgIpc) is 2.92. The second-order valence-corrected chi connectivity index (χ2v) is 5.23. The van der Waals surface area contributed by atoms with Crippen LogP contribution in [0, 0.1) is 12.7 Å². The summed E-state index contributed by atoms with van der Waals surface area (Å²) in [6.45, 7) is 3.83. The van der Waals surface area contributed by atoms with Crippen LogP contribution in [0.15, 0.2) is 18.2 Å². The van der Waals surface area contributed by atoms with Gasteiger partial charge in [-0.2, -0.15) is 5.10 Å². The molecule has 2 aromatic heterocycles. The second-order valence-electron chi connectivity index (χ2n) is 5.23. The van der Waals surface area contributed by atoms with Gasteiger partial charge in [0.25, 0.3) is 0 Å². The Morgan fingerprint density at radius 3 is 2.76 bits per heavy atom. The predicted octanol–water partition coefficient (Wildman–Crippen LogP) is 2.74. The third kappa shape index (κ3) is 2.07. The lowest BCUT2D eigenvalue weighted by atomic mass is 10.2. The summed E-state index contributed by atoms with van der Waals surface area (Å²) in [5, 5.41) is 4.51. The smallest absolute Gasteiger partial charge is 0.207 e. The van der Waals surface area contributed by atoms with Gasteiger partial charge in [0.05, 0.1) is 11.4 Å². The van der Waals surface area contributed by atoms with Crippen LogP contribution in [0.5, 0.6) is 0 Å². The number of fused-ring (bicyclic) bond motifs is 1. The Hall–Kier alpha value is -2.37. The van der Waals surface area contributed by atoms with Gasteiger partial charge in [-0.15, -0.1) is 0 Å². The van der Waals surface area contributed by atoms with Crippen molar-refractivity contribution >= 4 is 17.1 Å². The number of hydrogen-bond donors (Lipinski definition) is 1. The topological polar surface area (TPSA) is 61.7 Å². The Morgan fingerprint density at radius 2 is 2.10 bits per heavy atom. The van der Waals surface area contributed by atoms with Crippen molar-refractivity contribution in [3.63, 3.8) is 0 Å². The first-order valence-corrected chi connectivity index (χ1v) is 6.99. The molecule has 0 atom stereocenters. The van der Waals surface area contributed by atoms with Crippen LogP contribution in [0.3, 0.4) is 0 Å². The van der Waals surface area contributed by atoms with Crippen LogP contribution in [-0.4, -0.2) is 19.3 Å². The molecule has 6 heteroatoms. The van der Waals surface area contributed by atoms with Gasteiger partial charge in [0.1, 0.15) is 11.3 Å². The first-order valence-electron chi connectivity index (χ1n) is 6.99. The van der Waals surface area contributed by atoms with E-state index in [1.165, 1.54) is 6.07 Å². The predicted molar refractivity (Wildman–Crippen MR) is 80.9 cm³/mol. The number of imidazole rings is 1. The quantitative estimate of drug-likeness (QED) is 0.805. The van der Waals surface area contributed by atoms with E-state index in [4.69, 9.17) is 5.73 Å². The molecule has 3 rings (SSSR count). The zero-order valence-electron chi connectivity index (χ0n) is 12.4. The SMILES string of the molecule is CCCc1nn(C)c2c1nc(N)n2-c1ccc(F)c(C)c1. The number of rotatable bonds is 3. The molecule has 2 N–H and O–H groups in total. The fourth-order valence-corrected chi connectivity index (χ4v) is 2.62. The first kappa shape index (κ1) is 13.6. The molecule has 5 nitrogen and oxygen atoms in total. The Labute approximate surface area is 122 Å². The maximum Gasteiger partial charge on any atom is 0.207 e. The summed E-state index contributed by atoms with van der Waals surface area (Å²) in [6, 6.07) is 4.91. The summed E-state index contributed by atoms with van der Waals surface area (Å²) in [5.41, 5.74) is 10.0. The highest BCUT2D eigenvalue weighted by atomic mass is 19.1. The minimum Gasteiger partial charge on any atom is -0.369 e.